The third-order valence-corrected chi connectivity index (χ3v) is 11.2. The van der Waals surface area contributed by atoms with E-state index >= 15 is 0 Å². The molecule has 0 spiro atoms. The minimum absolute atomic E-state index is 0. The Morgan fingerprint density at radius 1 is 0.848 bits per heavy atom. The monoisotopic (exact) mass is 813 g/mol. The van der Waals surface area contributed by atoms with Gasteiger partial charge in [0, 0.05) is 42.4 Å². The number of hydrogen-bond acceptors (Lipinski definition) is 3. The van der Waals surface area contributed by atoms with Crippen LogP contribution in [0.15, 0.2) is 84.6 Å². The van der Waals surface area contributed by atoms with Gasteiger partial charge in [-0.1, -0.05) is 136 Å². The Morgan fingerprint density at radius 3 is 1.96 bits per heavy atom. The topological polar surface area (TPSA) is 50.2 Å². The number of rotatable bonds is 8. The second-order valence-corrected chi connectivity index (χ2v) is 20.6. The summed E-state index contributed by atoms with van der Waals surface area (Å²) in [5.74, 6) is 0.195. The quantitative estimate of drug-likeness (QED) is 0.0834. The van der Waals surface area contributed by atoms with Gasteiger partial charge in [0.25, 0.3) is 0 Å². The number of aliphatic hydroxyl groups is 1. The van der Waals surface area contributed by atoms with Gasteiger partial charge >= 0.3 is 0 Å². The van der Waals surface area contributed by atoms with Crippen LogP contribution in [0.3, 0.4) is 0 Å². The number of nitrogens with zero attached hydrogens (tertiary/aromatic N) is 1. The summed E-state index contributed by atoms with van der Waals surface area (Å²) in [5.41, 5.74) is 6.25. The third kappa shape index (κ3) is 9.83. The number of hydrogen-bond donors (Lipinski definition) is 1. The van der Waals surface area contributed by atoms with E-state index in [1.165, 1.54) is 33.3 Å². The molecule has 249 valence electrons. The van der Waals surface area contributed by atoms with Crippen LogP contribution in [0.2, 0.25) is 19.6 Å². The molecule has 46 heavy (non-hydrogen) atoms. The van der Waals surface area contributed by atoms with Crippen molar-refractivity contribution in [2.75, 3.05) is 0 Å². The van der Waals surface area contributed by atoms with Crippen LogP contribution in [-0.4, -0.2) is 23.9 Å². The van der Waals surface area contributed by atoms with Gasteiger partial charge in [0.2, 0.25) is 0 Å². The minimum atomic E-state index is -1.41. The van der Waals surface area contributed by atoms with Crippen LogP contribution in [0.1, 0.15) is 80.7 Å². The van der Waals surface area contributed by atoms with Crippen molar-refractivity contribution in [3.63, 3.8) is 0 Å². The molecule has 0 aliphatic carbocycles. The first-order valence-corrected chi connectivity index (χ1v) is 19.8. The van der Waals surface area contributed by atoms with Gasteiger partial charge in [0.15, 0.2) is 5.78 Å². The van der Waals surface area contributed by atoms with Gasteiger partial charge in [-0.25, -0.2) is 0 Å². The van der Waals surface area contributed by atoms with E-state index in [0.717, 1.165) is 29.6 Å². The Labute approximate surface area is 293 Å². The standard InChI is InChI=1S/C28H30NSi.C13H24O2.Ir/c1-28(2,3)22-14-12-21(13-15-22)27-19-24(20-10-8-7-9-11-20)25-18-23(30(4,5)6)16-17-26(25)29-27;1-7-12(3,4)10(14)9-11(15)13(5,6)8-2;/h7-12,14-19H,1-6H3;9,14H,7-8H2,1-6H3;/q-1;;/b;10-9-;. The first-order chi connectivity index (χ1) is 20.8. The van der Waals surface area contributed by atoms with Gasteiger partial charge < -0.3 is 5.11 Å². The zero-order chi connectivity index (χ0) is 33.8. The Hall–Kier alpha value is -2.85. The molecule has 1 N–H and O–H groups in total. The Bertz CT molecular complexity index is 1640. The van der Waals surface area contributed by atoms with Gasteiger partial charge in [-0.15, -0.1) is 35.4 Å². The minimum Gasteiger partial charge on any atom is -0.512 e. The molecule has 3 aromatic carbocycles. The van der Waals surface area contributed by atoms with Crippen molar-refractivity contribution >= 4 is 29.9 Å². The Balaban J connectivity index is 0.000000394. The molecule has 1 heterocycles. The number of pyridine rings is 1. The molecular formula is C41H54IrNO2Si-. The molecule has 0 saturated carbocycles. The predicted octanol–water partition coefficient (Wildman–Crippen LogP) is 11.1. The predicted molar refractivity (Wildman–Crippen MR) is 197 cm³/mol. The van der Waals surface area contributed by atoms with Crippen LogP contribution in [0, 0.1) is 16.9 Å². The molecule has 0 amide bonds. The van der Waals surface area contributed by atoms with E-state index in [4.69, 9.17) is 4.98 Å². The first-order valence-electron chi connectivity index (χ1n) is 16.3. The van der Waals surface area contributed by atoms with Crippen LogP contribution in [0.5, 0.6) is 0 Å². The maximum absolute atomic E-state index is 11.8. The molecule has 0 unspecified atom stereocenters. The summed E-state index contributed by atoms with van der Waals surface area (Å²) >= 11 is 0. The van der Waals surface area contributed by atoms with Crippen LogP contribution >= 0.6 is 0 Å². The zero-order valence-corrected chi connectivity index (χ0v) is 33.5. The van der Waals surface area contributed by atoms with E-state index in [2.05, 4.69) is 119 Å². The normalized spacial score (nSPS) is 12.7. The molecule has 0 bridgehead atoms. The van der Waals surface area contributed by atoms with Crippen molar-refractivity contribution in [2.24, 2.45) is 10.8 Å². The van der Waals surface area contributed by atoms with Crippen molar-refractivity contribution in [2.45, 2.75) is 100 Å². The summed E-state index contributed by atoms with van der Waals surface area (Å²) in [4.78, 5) is 16.9. The van der Waals surface area contributed by atoms with Crippen molar-refractivity contribution in [3.05, 3.63) is 96.3 Å². The number of fused-ring (bicyclic) bond motifs is 1. The third-order valence-electron chi connectivity index (χ3n) is 9.11. The molecule has 4 aromatic rings. The molecule has 0 fully saturated rings. The average Bonchev–Trinajstić information content (AvgIpc) is 3.00. The maximum atomic E-state index is 11.8. The number of carbonyl (C=O) groups excluding carboxylic acids is 1. The van der Waals surface area contributed by atoms with E-state index < -0.39 is 8.07 Å². The second kappa shape index (κ2) is 15.4. The van der Waals surface area contributed by atoms with Crippen molar-refractivity contribution in [1.82, 2.24) is 4.98 Å². The number of benzene rings is 3. The fourth-order valence-electron chi connectivity index (χ4n) is 4.61. The van der Waals surface area contributed by atoms with Crippen LogP contribution in [0.25, 0.3) is 33.3 Å². The molecule has 0 saturated heterocycles. The van der Waals surface area contributed by atoms with Crippen LogP contribution in [0.4, 0.5) is 0 Å². The number of aromatic nitrogens is 1. The number of allylic oxidation sites excluding steroid dienone is 2. The molecule has 0 aliphatic heterocycles. The number of aliphatic hydroxyl groups excluding tert-OH is 1. The fourth-order valence-corrected chi connectivity index (χ4v) is 5.77. The summed E-state index contributed by atoms with van der Waals surface area (Å²) < 4.78 is 0. The molecular weight excluding hydrogens is 759 g/mol. The summed E-state index contributed by atoms with van der Waals surface area (Å²) in [6, 6.07) is 29.7. The van der Waals surface area contributed by atoms with E-state index in [1.54, 1.807) is 0 Å². The number of carbonyl (C=O) groups is 1. The molecule has 4 rings (SSSR count). The van der Waals surface area contributed by atoms with Gasteiger partial charge in [-0.05, 0) is 41.1 Å². The molecule has 3 nitrogen and oxygen atoms in total. The molecule has 1 radical (unpaired) electrons. The summed E-state index contributed by atoms with van der Waals surface area (Å²) in [6.45, 7) is 25.5. The van der Waals surface area contributed by atoms with E-state index in [9.17, 15) is 9.90 Å². The zero-order valence-electron chi connectivity index (χ0n) is 30.1. The fraction of sp³-hybridized carbons (Fsp3) is 0.415. The summed E-state index contributed by atoms with van der Waals surface area (Å²) in [7, 11) is -1.41. The van der Waals surface area contributed by atoms with E-state index in [-0.39, 0.29) is 47.9 Å². The van der Waals surface area contributed by atoms with Crippen LogP contribution in [-0.2, 0) is 30.3 Å². The molecule has 1 aromatic heterocycles. The Morgan fingerprint density at radius 2 is 1.46 bits per heavy atom. The SMILES string of the molecule is CC(C)(C)c1c[c-]c(-c2cc(-c3ccccc3)c3cc([Si](C)(C)C)ccc3n2)cc1.CCC(C)(C)C(=O)/C=C(\O)C(C)(C)CC.[Ir]. The Kier molecular flexibility index (Phi) is 13.1. The smallest absolute Gasteiger partial charge is 0.164 e. The summed E-state index contributed by atoms with van der Waals surface area (Å²) in [6.07, 6.45) is 2.99. The largest absolute Gasteiger partial charge is 0.512 e. The van der Waals surface area contributed by atoms with E-state index in [0.29, 0.717) is 0 Å². The number of ketones is 1. The van der Waals surface area contributed by atoms with Crippen molar-refractivity contribution in [3.8, 4) is 22.4 Å². The van der Waals surface area contributed by atoms with Crippen molar-refractivity contribution in [1.29, 1.82) is 0 Å². The van der Waals surface area contributed by atoms with Crippen LogP contribution < -0.4 is 5.19 Å². The van der Waals surface area contributed by atoms with Gasteiger partial charge in [-0.3, -0.25) is 9.78 Å². The van der Waals surface area contributed by atoms with Gasteiger partial charge in [-0.2, -0.15) is 0 Å². The van der Waals surface area contributed by atoms with Gasteiger partial charge in [0.05, 0.1) is 13.6 Å². The molecule has 0 atom stereocenters. The second-order valence-electron chi connectivity index (χ2n) is 15.5. The van der Waals surface area contributed by atoms with Crippen molar-refractivity contribution < 1.29 is 30.0 Å². The van der Waals surface area contributed by atoms with E-state index in [1.807, 2.05) is 41.5 Å². The summed E-state index contributed by atoms with van der Waals surface area (Å²) in [5, 5.41) is 12.5. The maximum Gasteiger partial charge on any atom is 0.164 e. The van der Waals surface area contributed by atoms with Gasteiger partial charge in [0.1, 0.15) is 5.76 Å². The average molecular weight is 813 g/mol. The molecule has 0 aliphatic rings. The first kappa shape index (κ1) is 39.3. The molecule has 5 heteroatoms.